The van der Waals surface area contributed by atoms with Crippen molar-refractivity contribution in [3.05, 3.63) is 65.4 Å². The number of rotatable bonds is 4. The smallest absolute Gasteiger partial charge is 0.296 e. The van der Waals surface area contributed by atoms with Gasteiger partial charge in [-0.3, -0.25) is 9.59 Å². The molecule has 28 heavy (non-hydrogen) atoms. The van der Waals surface area contributed by atoms with E-state index in [4.69, 9.17) is 0 Å². The van der Waals surface area contributed by atoms with E-state index < -0.39 is 11.7 Å². The van der Waals surface area contributed by atoms with Crippen LogP contribution in [0.25, 0.3) is 10.9 Å². The fraction of sp³-hybridized carbons (Fsp3) is 0.304. The maximum absolute atomic E-state index is 13.1. The summed E-state index contributed by atoms with van der Waals surface area (Å²) in [6.07, 6.45) is 0.728. The van der Waals surface area contributed by atoms with Crippen LogP contribution in [0.3, 0.4) is 0 Å². The number of nitrogens with zero attached hydrogens (tertiary/aromatic N) is 1. The van der Waals surface area contributed by atoms with Crippen LogP contribution >= 0.6 is 0 Å². The van der Waals surface area contributed by atoms with Crippen LogP contribution in [-0.4, -0.2) is 29.3 Å². The Morgan fingerprint density at radius 3 is 2.54 bits per heavy atom. The molecule has 2 aromatic carbocycles. The molecule has 0 spiro atoms. The van der Waals surface area contributed by atoms with Crippen LogP contribution in [-0.2, 0) is 17.8 Å². The molecule has 2 N–H and O–H groups in total. The molecular weight excluding hydrogens is 350 g/mol. The lowest BCUT2D eigenvalue weighted by Crippen LogP contribution is -2.24. The third-order valence-corrected chi connectivity index (χ3v) is 5.40. The number of benzene rings is 2. The van der Waals surface area contributed by atoms with E-state index in [0.29, 0.717) is 17.2 Å². The minimum atomic E-state index is -0.589. The molecular formula is C23H25N3O2. The van der Waals surface area contributed by atoms with Gasteiger partial charge in [0.15, 0.2) is 0 Å². The van der Waals surface area contributed by atoms with Gasteiger partial charge in [-0.25, -0.2) is 0 Å². The van der Waals surface area contributed by atoms with Crippen molar-refractivity contribution in [1.29, 1.82) is 0 Å². The first kappa shape index (κ1) is 18.4. The lowest BCUT2D eigenvalue weighted by Gasteiger charge is -2.09. The van der Waals surface area contributed by atoms with Crippen molar-refractivity contribution in [2.24, 2.45) is 0 Å². The zero-order chi connectivity index (χ0) is 19.7. The minimum Gasteiger partial charge on any atom is -0.343 e. The zero-order valence-corrected chi connectivity index (χ0v) is 16.3. The summed E-state index contributed by atoms with van der Waals surface area (Å²) in [6, 6.07) is 15.5. The van der Waals surface area contributed by atoms with Crippen molar-refractivity contribution in [1.82, 2.24) is 9.88 Å². The Morgan fingerprint density at radius 1 is 1.04 bits per heavy atom. The molecule has 0 bridgehead atoms. The summed E-state index contributed by atoms with van der Waals surface area (Å²) in [6.45, 7) is 6.69. The molecule has 144 valence electrons. The number of aromatic nitrogens is 1. The monoisotopic (exact) mass is 375 g/mol. The van der Waals surface area contributed by atoms with E-state index in [0.717, 1.165) is 42.7 Å². The molecule has 0 aliphatic carbocycles. The van der Waals surface area contributed by atoms with Crippen LogP contribution in [0.2, 0.25) is 0 Å². The third-order valence-electron chi connectivity index (χ3n) is 5.40. The number of para-hydroxylation sites is 1. The first-order valence-corrected chi connectivity index (χ1v) is 9.82. The summed E-state index contributed by atoms with van der Waals surface area (Å²) >= 11 is 0. The molecule has 2 heterocycles. The van der Waals surface area contributed by atoms with Gasteiger partial charge < -0.3 is 15.2 Å². The molecule has 0 saturated carbocycles. The first-order chi connectivity index (χ1) is 13.6. The van der Waals surface area contributed by atoms with Gasteiger partial charge >= 0.3 is 0 Å². The molecule has 4 rings (SSSR count). The minimum absolute atomic E-state index is 0.420. The number of nitrogens with one attached hydrogen (secondary N) is 2. The summed E-state index contributed by atoms with van der Waals surface area (Å²) in [5.74, 6) is -0.642. The number of carbonyl (C=O) groups excluding carboxylic acids is 2. The number of hydrogen-bond acceptors (Lipinski definition) is 3. The molecule has 3 aromatic rings. The van der Waals surface area contributed by atoms with Gasteiger partial charge in [-0.2, -0.15) is 0 Å². The second-order valence-electron chi connectivity index (χ2n) is 7.55. The van der Waals surface area contributed by atoms with Crippen molar-refractivity contribution >= 4 is 28.3 Å². The van der Waals surface area contributed by atoms with E-state index in [9.17, 15) is 9.59 Å². The van der Waals surface area contributed by atoms with E-state index in [1.165, 1.54) is 5.56 Å². The Labute approximate surface area is 164 Å². The molecule has 0 atom stereocenters. The van der Waals surface area contributed by atoms with Gasteiger partial charge in [0.25, 0.3) is 11.7 Å². The number of amides is 1. The zero-order valence-electron chi connectivity index (χ0n) is 16.3. The molecule has 1 aliphatic heterocycles. The number of hydrogen-bond donors (Lipinski definition) is 2. The van der Waals surface area contributed by atoms with Crippen LogP contribution in [0.4, 0.5) is 5.69 Å². The van der Waals surface area contributed by atoms with Crippen molar-refractivity contribution in [3.63, 3.8) is 0 Å². The number of ketones is 1. The number of anilines is 1. The Hall–Kier alpha value is -2.92. The van der Waals surface area contributed by atoms with Gasteiger partial charge in [0, 0.05) is 48.3 Å². The van der Waals surface area contributed by atoms with Crippen molar-refractivity contribution in [2.45, 2.75) is 32.7 Å². The van der Waals surface area contributed by atoms with Gasteiger partial charge in [-0.1, -0.05) is 44.2 Å². The quantitative estimate of drug-likeness (QED) is 0.539. The predicted molar refractivity (Wildman–Crippen MR) is 112 cm³/mol. The normalized spacial score (nSPS) is 14.0. The molecule has 0 unspecified atom stereocenters. The fourth-order valence-electron chi connectivity index (χ4n) is 3.90. The van der Waals surface area contributed by atoms with Gasteiger partial charge in [0.05, 0.1) is 5.56 Å². The summed E-state index contributed by atoms with van der Waals surface area (Å²) in [5, 5.41) is 6.99. The lowest BCUT2D eigenvalue weighted by molar-refractivity contribution is -0.112. The molecule has 5 heteroatoms. The number of carbonyl (C=O) groups is 2. The van der Waals surface area contributed by atoms with Crippen LogP contribution in [0, 0.1) is 0 Å². The standard InChI is InChI=1S/C23H25N3O2/c1-15(2)16-7-9-17(10-8-16)25-23(28)22(27)21-18-5-3-4-6-19(18)26-14-13-24-12-11-20(21)26/h3-10,15,24H,11-14H2,1-2H3,(H,25,28). The number of fused-ring (bicyclic) bond motifs is 3. The Morgan fingerprint density at radius 2 is 1.79 bits per heavy atom. The summed E-state index contributed by atoms with van der Waals surface area (Å²) in [5.41, 5.74) is 4.33. The molecule has 5 nitrogen and oxygen atoms in total. The van der Waals surface area contributed by atoms with E-state index in [2.05, 4.69) is 29.0 Å². The SMILES string of the molecule is CC(C)c1ccc(NC(=O)C(=O)c2c3n(c4ccccc24)CCNCC3)cc1. The highest BCUT2D eigenvalue weighted by molar-refractivity contribution is 6.48. The predicted octanol–water partition coefficient (Wildman–Crippen LogP) is 3.73. The van der Waals surface area contributed by atoms with Crippen LogP contribution < -0.4 is 10.6 Å². The van der Waals surface area contributed by atoms with Crippen LogP contribution in [0.5, 0.6) is 0 Å². The Bertz CT molecular complexity index is 1030. The van der Waals surface area contributed by atoms with Crippen molar-refractivity contribution in [2.75, 3.05) is 18.4 Å². The van der Waals surface area contributed by atoms with Gasteiger partial charge in [-0.05, 0) is 29.7 Å². The van der Waals surface area contributed by atoms with E-state index in [-0.39, 0.29) is 0 Å². The summed E-state index contributed by atoms with van der Waals surface area (Å²) < 4.78 is 2.17. The average Bonchev–Trinajstić information content (AvgIpc) is 2.84. The highest BCUT2D eigenvalue weighted by Gasteiger charge is 2.27. The number of Topliss-reactive ketones (excluding diaryl/α,β-unsaturated/α-hetero) is 1. The van der Waals surface area contributed by atoms with Gasteiger partial charge in [-0.15, -0.1) is 0 Å². The summed E-state index contributed by atoms with van der Waals surface area (Å²) in [7, 11) is 0. The average molecular weight is 375 g/mol. The molecule has 1 aromatic heterocycles. The molecule has 0 fully saturated rings. The summed E-state index contributed by atoms with van der Waals surface area (Å²) in [4.78, 5) is 25.9. The van der Waals surface area contributed by atoms with Gasteiger partial charge in [0.2, 0.25) is 0 Å². The largest absolute Gasteiger partial charge is 0.343 e. The maximum Gasteiger partial charge on any atom is 0.296 e. The molecule has 1 aliphatic rings. The van der Waals surface area contributed by atoms with Gasteiger partial charge in [0.1, 0.15) is 0 Å². The van der Waals surface area contributed by atoms with Crippen molar-refractivity contribution < 1.29 is 9.59 Å². The molecule has 0 radical (unpaired) electrons. The van der Waals surface area contributed by atoms with E-state index in [1.807, 2.05) is 48.5 Å². The molecule has 1 amide bonds. The van der Waals surface area contributed by atoms with Crippen molar-refractivity contribution in [3.8, 4) is 0 Å². The van der Waals surface area contributed by atoms with E-state index >= 15 is 0 Å². The van der Waals surface area contributed by atoms with Crippen LogP contribution in [0.1, 0.15) is 41.4 Å². The highest BCUT2D eigenvalue weighted by atomic mass is 16.2. The third kappa shape index (κ3) is 3.34. The van der Waals surface area contributed by atoms with E-state index in [1.54, 1.807) is 0 Å². The maximum atomic E-state index is 13.1. The highest BCUT2D eigenvalue weighted by Crippen LogP contribution is 2.28. The second kappa shape index (κ2) is 7.60. The lowest BCUT2D eigenvalue weighted by atomic mass is 10.0. The second-order valence-corrected chi connectivity index (χ2v) is 7.55. The Kier molecular flexibility index (Phi) is 5.01. The Balaban J connectivity index is 1.67. The fourth-order valence-corrected chi connectivity index (χ4v) is 3.90. The topological polar surface area (TPSA) is 63.1 Å². The first-order valence-electron chi connectivity index (χ1n) is 9.82. The van der Waals surface area contributed by atoms with Crippen LogP contribution in [0.15, 0.2) is 48.5 Å². The molecule has 0 saturated heterocycles.